The molecule has 174 valence electrons. The molecule has 0 spiro atoms. The summed E-state index contributed by atoms with van der Waals surface area (Å²) < 4.78 is 38.2. The van der Waals surface area contributed by atoms with E-state index in [0.29, 0.717) is 49.0 Å². The molecule has 8 heteroatoms. The number of carbonyl (C=O) groups is 1. The summed E-state index contributed by atoms with van der Waals surface area (Å²) in [4.78, 5) is 17.2. The van der Waals surface area contributed by atoms with Crippen molar-refractivity contribution in [3.63, 3.8) is 0 Å². The first-order chi connectivity index (χ1) is 16.0. The van der Waals surface area contributed by atoms with Gasteiger partial charge >= 0.3 is 0 Å². The van der Waals surface area contributed by atoms with Crippen LogP contribution in [0.15, 0.2) is 53.1 Å². The van der Waals surface area contributed by atoms with E-state index in [0.717, 1.165) is 12.0 Å². The van der Waals surface area contributed by atoms with Crippen LogP contribution in [0.25, 0.3) is 11.3 Å². The van der Waals surface area contributed by atoms with Gasteiger partial charge in [0, 0.05) is 30.3 Å². The van der Waals surface area contributed by atoms with Gasteiger partial charge in [-0.05, 0) is 61.9 Å². The molecule has 0 N–H and O–H groups in total. The minimum absolute atomic E-state index is 0.0870. The fourth-order valence-electron chi connectivity index (χ4n) is 3.87. The zero-order chi connectivity index (χ0) is 23.4. The van der Waals surface area contributed by atoms with Crippen molar-refractivity contribution in [2.24, 2.45) is 0 Å². The molecule has 1 aromatic heterocycles. The molecule has 1 fully saturated rings. The molecule has 33 heavy (non-hydrogen) atoms. The van der Waals surface area contributed by atoms with Crippen molar-refractivity contribution in [3.8, 4) is 11.3 Å². The highest BCUT2D eigenvalue weighted by Gasteiger charge is 2.29. The van der Waals surface area contributed by atoms with Crippen molar-refractivity contribution in [1.29, 1.82) is 0 Å². The number of aromatic nitrogens is 1. The van der Waals surface area contributed by atoms with Gasteiger partial charge in [-0.25, -0.2) is 8.78 Å². The third kappa shape index (κ3) is 5.06. The summed E-state index contributed by atoms with van der Waals surface area (Å²) in [5.74, 6) is -0.361. The molecule has 4 rings (SSSR count). The van der Waals surface area contributed by atoms with Crippen LogP contribution in [0.4, 0.5) is 14.7 Å². The number of hydrogen-bond donors (Lipinski definition) is 0. The van der Waals surface area contributed by atoms with Crippen molar-refractivity contribution < 1.29 is 22.8 Å². The Morgan fingerprint density at radius 2 is 1.67 bits per heavy atom. The van der Waals surface area contributed by atoms with Gasteiger partial charge in [0.15, 0.2) is 0 Å². The van der Waals surface area contributed by atoms with Crippen molar-refractivity contribution >= 4 is 11.8 Å². The zero-order valence-corrected chi connectivity index (χ0v) is 18.8. The Kier molecular flexibility index (Phi) is 7.03. The first-order valence-corrected chi connectivity index (χ1v) is 11.1. The number of morpholine rings is 1. The number of halogens is 2. The molecule has 1 saturated heterocycles. The summed E-state index contributed by atoms with van der Waals surface area (Å²) in [5, 5.41) is 4.31. The van der Waals surface area contributed by atoms with Gasteiger partial charge in [-0.3, -0.25) is 4.79 Å². The van der Waals surface area contributed by atoms with Gasteiger partial charge in [-0.1, -0.05) is 12.1 Å². The van der Waals surface area contributed by atoms with E-state index in [2.05, 4.69) is 10.1 Å². The fraction of sp³-hybridized carbons (Fsp3) is 0.360. The highest BCUT2D eigenvalue weighted by Crippen LogP contribution is 2.34. The first-order valence-electron chi connectivity index (χ1n) is 11.1. The first kappa shape index (κ1) is 22.9. The van der Waals surface area contributed by atoms with E-state index in [9.17, 15) is 13.6 Å². The highest BCUT2D eigenvalue weighted by molar-refractivity contribution is 5.94. The topological polar surface area (TPSA) is 58.8 Å². The maximum Gasteiger partial charge on any atom is 0.254 e. The van der Waals surface area contributed by atoms with Gasteiger partial charge in [0.05, 0.1) is 25.3 Å². The Morgan fingerprint density at radius 3 is 2.27 bits per heavy atom. The number of ether oxygens (including phenoxy) is 1. The molecule has 6 nitrogen and oxygen atoms in total. The lowest BCUT2D eigenvalue weighted by molar-refractivity contribution is 0.0671. The molecule has 0 bridgehead atoms. The largest absolute Gasteiger partial charge is 0.378 e. The molecule has 2 heterocycles. The number of amides is 1. The summed E-state index contributed by atoms with van der Waals surface area (Å²) in [5.41, 5.74) is 2.42. The van der Waals surface area contributed by atoms with Crippen LogP contribution in [0, 0.1) is 11.6 Å². The number of carbonyl (C=O) groups excluding carboxylic acids is 1. The standard InChI is InChI=1S/C25H27F2N3O3/c1-3-17(2)30(24(31)19-6-10-21(27)11-7-19)16-22-23(18-4-8-20(26)9-5-18)28-33-25(22)29-12-14-32-15-13-29/h4-11,17H,3,12-16H2,1-2H3/t17-/m1/s1. The quantitative estimate of drug-likeness (QED) is 0.507. The molecule has 3 aromatic rings. The molecule has 0 unspecified atom stereocenters. The van der Waals surface area contributed by atoms with Crippen molar-refractivity contribution in [2.45, 2.75) is 32.9 Å². The van der Waals surface area contributed by atoms with Crippen molar-refractivity contribution in [1.82, 2.24) is 10.1 Å². The average Bonchev–Trinajstić information content (AvgIpc) is 3.26. The van der Waals surface area contributed by atoms with Crippen LogP contribution in [-0.2, 0) is 11.3 Å². The van der Waals surface area contributed by atoms with E-state index in [1.54, 1.807) is 17.0 Å². The smallest absolute Gasteiger partial charge is 0.254 e. The second-order valence-electron chi connectivity index (χ2n) is 8.12. The van der Waals surface area contributed by atoms with Crippen molar-refractivity contribution in [2.75, 3.05) is 31.2 Å². The summed E-state index contributed by atoms with van der Waals surface area (Å²) in [6.45, 7) is 6.63. The summed E-state index contributed by atoms with van der Waals surface area (Å²) in [6, 6.07) is 11.5. The van der Waals surface area contributed by atoms with Crippen LogP contribution in [0.2, 0.25) is 0 Å². The van der Waals surface area contributed by atoms with E-state index in [4.69, 9.17) is 9.26 Å². The van der Waals surface area contributed by atoms with Crippen LogP contribution in [0.5, 0.6) is 0 Å². The maximum atomic E-state index is 13.5. The molecule has 1 amide bonds. The Labute approximate surface area is 191 Å². The van der Waals surface area contributed by atoms with Crippen LogP contribution < -0.4 is 4.90 Å². The van der Waals surface area contributed by atoms with E-state index in [1.165, 1.54) is 36.4 Å². The summed E-state index contributed by atoms with van der Waals surface area (Å²) in [6.07, 6.45) is 0.733. The lowest BCUT2D eigenvalue weighted by Crippen LogP contribution is -2.39. The Bertz CT molecular complexity index is 1080. The van der Waals surface area contributed by atoms with Gasteiger partial charge in [0.25, 0.3) is 5.91 Å². The predicted molar refractivity (Wildman–Crippen MR) is 121 cm³/mol. The molecule has 2 aromatic carbocycles. The van der Waals surface area contributed by atoms with Crippen molar-refractivity contribution in [3.05, 3.63) is 71.3 Å². The monoisotopic (exact) mass is 455 g/mol. The second-order valence-corrected chi connectivity index (χ2v) is 8.12. The minimum atomic E-state index is -0.395. The van der Waals surface area contributed by atoms with E-state index in [-0.39, 0.29) is 24.3 Å². The molecule has 0 radical (unpaired) electrons. The number of hydrogen-bond acceptors (Lipinski definition) is 5. The second kappa shape index (κ2) is 10.1. The minimum Gasteiger partial charge on any atom is -0.378 e. The maximum absolute atomic E-state index is 13.5. The molecule has 0 aliphatic carbocycles. The molecule has 1 aliphatic rings. The lowest BCUT2D eigenvalue weighted by Gasteiger charge is -2.31. The lowest BCUT2D eigenvalue weighted by atomic mass is 10.0. The highest BCUT2D eigenvalue weighted by atomic mass is 19.1. The molecule has 1 aliphatic heterocycles. The number of rotatable bonds is 7. The van der Waals surface area contributed by atoms with Gasteiger partial charge in [0.1, 0.15) is 17.3 Å². The van der Waals surface area contributed by atoms with E-state index >= 15 is 0 Å². The van der Waals surface area contributed by atoms with Crippen LogP contribution in [-0.4, -0.2) is 48.3 Å². The number of benzene rings is 2. The van der Waals surface area contributed by atoms with Gasteiger partial charge in [0.2, 0.25) is 5.88 Å². The summed E-state index contributed by atoms with van der Waals surface area (Å²) >= 11 is 0. The average molecular weight is 456 g/mol. The Hall–Kier alpha value is -3.26. The zero-order valence-electron chi connectivity index (χ0n) is 18.8. The number of nitrogens with zero attached hydrogens (tertiary/aromatic N) is 3. The third-order valence-electron chi connectivity index (χ3n) is 5.99. The predicted octanol–water partition coefficient (Wildman–Crippen LogP) is 4.90. The normalized spacial score (nSPS) is 14.8. The summed E-state index contributed by atoms with van der Waals surface area (Å²) in [7, 11) is 0. The fourth-order valence-corrected chi connectivity index (χ4v) is 3.87. The molecule has 0 saturated carbocycles. The van der Waals surface area contributed by atoms with Gasteiger partial charge in [-0.15, -0.1) is 0 Å². The van der Waals surface area contributed by atoms with Crippen LogP contribution in [0.3, 0.4) is 0 Å². The van der Waals surface area contributed by atoms with E-state index < -0.39 is 5.82 Å². The van der Waals surface area contributed by atoms with Crippen LogP contribution >= 0.6 is 0 Å². The number of anilines is 1. The van der Waals surface area contributed by atoms with Crippen LogP contribution in [0.1, 0.15) is 36.2 Å². The SMILES string of the molecule is CC[C@@H](C)N(Cc1c(-c2ccc(F)cc2)noc1N1CCOCC1)C(=O)c1ccc(F)cc1. The molecule has 1 atom stereocenters. The Balaban J connectivity index is 1.74. The van der Waals surface area contributed by atoms with Gasteiger partial charge < -0.3 is 19.1 Å². The third-order valence-corrected chi connectivity index (χ3v) is 5.99. The van der Waals surface area contributed by atoms with E-state index in [1.807, 2.05) is 13.8 Å². The molecular weight excluding hydrogens is 428 g/mol. The van der Waals surface area contributed by atoms with Gasteiger partial charge in [-0.2, -0.15) is 0 Å². The Morgan fingerprint density at radius 1 is 1.06 bits per heavy atom. The molecular formula is C25H27F2N3O3.